The molecule has 0 aliphatic carbocycles. The van der Waals surface area contributed by atoms with E-state index in [-0.39, 0.29) is 16.9 Å². The van der Waals surface area contributed by atoms with Crippen molar-refractivity contribution >= 4 is 11.4 Å². The molecule has 0 spiro atoms. The third-order valence-electron chi connectivity index (χ3n) is 3.85. The first-order valence-electron chi connectivity index (χ1n) is 6.90. The highest BCUT2D eigenvalue weighted by Gasteiger charge is 2.33. The molecule has 7 heteroatoms. The van der Waals surface area contributed by atoms with E-state index in [4.69, 9.17) is 4.74 Å². The summed E-state index contributed by atoms with van der Waals surface area (Å²) in [6.07, 6.45) is 1.99. The normalized spacial score (nSPS) is 21.5. The van der Waals surface area contributed by atoms with Gasteiger partial charge in [0.15, 0.2) is 5.82 Å². The van der Waals surface area contributed by atoms with Crippen LogP contribution in [-0.4, -0.2) is 37.3 Å². The Hall–Kier alpha value is -1.73. The SMILES string of the molecule is COCC1(CNc2cc(C)c([N+](=O)[O-])cc2F)CCCN1. The van der Waals surface area contributed by atoms with Crippen LogP contribution in [0.4, 0.5) is 15.8 Å². The van der Waals surface area contributed by atoms with Crippen molar-refractivity contribution in [3.8, 4) is 0 Å². The maximum atomic E-state index is 14.0. The molecule has 1 unspecified atom stereocenters. The zero-order valence-electron chi connectivity index (χ0n) is 12.2. The lowest BCUT2D eigenvalue weighted by Gasteiger charge is -2.29. The lowest BCUT2D eigenvalue weighted by Crippen LogP contribution is -2.49. The molecule has 0 bridgehead atoms. The molecule has 6 nitrogen and oxygen atoms in total. The largest absolute Gasteiger partial charge is 0.383 e. The summed E-state index contributed by atoms with van der Waals surface area (Å²) in [4.78, 5) is 10.2. The highest BCUT2D eigenvalue weighted by molar-refractivity contribution is 5.55. The summed E-state index contributed by atoms with van der Waals surface area (Å²) in [6, 6.07) is 2.44. The van der Waals surface area contributed by atoms with Gasteiger partial charge in [0.05, 0.1) is 28.8 Å². The maximum absolute atomic E-state index is 14.0. The number of anilines is 1. The van der Waals surface area contributed by atoms with E-state index in [0.717, 1.165) is 25.5 Å². The van der Waals surface area contributed by atoms with Crippen molar-refractivity contribution in [1.29, 1.82) is 0 Å². The topological polar surface area (TPSA) is 76.4 Å². The predicted octanol–water partition coefficient (Wildman–Crippen LogP) is 2.22. The molecular formula is C14H20FN3O3. The van der Waals surface area contributed by atoms with Crippen molar-refractivity contribution in [3.63, 3.8) is 0 Å². The van der Waals surface area contributed by atoms with Crippen LogP contribution in [0.3, 0.4) is 0 Å². The van der Waals surface area contributed by atoms with E-state index in [1.807, 2.05) is 0 Å². The minimum absolute atomic E-state index is 0.205. The molecule has 1 aromatic carbocycles. The van der Waals surface area contributed by atoms with E-state index >= 15 is 0 Å². The molecule has 1 aliphatic heterocycles. The lowest BCUT2D eigenvalue weighted by molar-refractivity contribution is -0.385. The number of nitro benzene ring substituents is 1. The lowest BCUT2D eigenvalue weighted by atomic mass is 9.98. The number of nitrogens with zero attached hydrogens (tertiary/aromatic N) is 1. The number of methoxy groups -OCH3 is 1. The number of nitrogens with one attached hydrogen (secondary N) is 2. The first-order chi connectivity index (χ1) is 9.97. The van der Waals surface area contributed by atoms with Crippen molar-refractivity contribution in [2.24, 2.45) is 0 Å². The smallest absolute Gasteiger partial charge is 0.275 e. The molecule has 116 valence electrons. The Morgan fingerprint density at radius 1 is 1.57 bits per heavy atom. The van der Waals surface area contributed by atoms with Gasteiger partial charge in [-0.05, 0) is 32.4 Å². The Morgan fingerprint density at radius 2 is 2.33 bits per heavy atom. The number of ether oxygens (including phenoxy) is 1. The van der Waals surface area contributed by atoms with Crippen molar-refractivity contribution in [3.05, 3.63) is 33.6 Å². The van der Waals surface area contributed by atoms with E-state index < -0.39 is 10.7 Å². The molecular weight excluding hydrogens is 277 g/mol. The number of benzene rings is 1. The van der Waals surface area contributed by atoms with Crippen molar-refractivity contribution < 1.29 is 14.1 Å². The van der Waals surface area contributed by atoms with Crippen LogP contribution >= 0.6 is 0 Å². The highest BCUT2D eigenvalue weighted by Crippen LogP contribution is 2.27. The van der Waals surface area contributed by atoms with Crippen LogP contribution in [0, 0.1) is 22.9 Å². The van der Waals surface area contributed by atoms with Crippen LogP contribution in [0.25, 0.3) is 0 Å². The fourth-order valence-electron chi connectivity index (χ4n) is 2.74. The van der Waals surface area contributed by atoms with E-state index in [1.54, 1.807) is 14.0 Å². The fraction of sp³-hybridized carbons (Fsp3) is 0.571. The van der Waals surface area contributed by atoms with Crippen LogP contribution in [0.5, 0.6) is 0 Å². The molecule has 2 N–H and O–H groups in total. The second kappa shape index (κ2) is 6.36. The molecule has 1 aromatic rings. The molecule has 1 heterocycles. The van der Waals surface area contributed by atoms with Crippen LogP contribution in [0.15, 0.2) is 12.1 Å². The molecule has 0 saturated carbocycles. The van der Waals surface area contributed by atoms with Gasteiger partial charge in [0, 0.05) is 19.2 Å². The quantitative estimate of drug-likeness (QED) is 0.622. The summed E-state index contributed by atoms with van der Waals surface area (Å²) < 4.78 is 19.2. The summed E-state index contributed by atoms with van der Waals surface area (Å²) >= 11 is 0. The minimum Gasteiger partial charge on any atom is -0.383 e. The van der Waals surface area contributed by atoms with Gasteiger partial charge in [-0.25, -0.2) is 4.39 Å². The van der Waals surface area contributed by atoms with Gasteiger partial charge >= 0.3 is 0 Å². The van der Waals surface area contributed by atoms with E-state index in [0.29, 0.717) is 18.7 Å². The van der Waals surface area contributed by atoms with Gasteiger partial charge < -0.3 is 15.4 Å². The van der Waals surface area contributed by atoms with Gasteiger partial charge in [0.2, 0.25) is 0 Å². The van der Waals surface area contributed by atoms with E-state index in [9.17, 15) is 14.5 Å². The molecule has 1 fully saturated rings. The summed E-state index contributed by atoms with van der Waals surface area (Å²) in [5.41, 5.74) is 0.298. The maximum Gasteiger partial charge on any atom is 0.275 e. The van der Waals surface area contributed by atoms with E-state index in [2.05, 4.69) is 10.6 Å². The van der Waals surface area contributed by atoms with Crippen molar-refractivity contribution in [1.82, 2.24) is 5.32 Å². The van der Waals surface area contributed by atoms with Gasteiger partial charge in [-0.15, -0.1) is 0 Å². The van der Waals surface area contributed by atoms with Crippen molar-refractivity contribution in [2.45, 2.75) is 25.3 Å². The summed E-state index contributed by atoms with van der Waals surface area (Å²) in [7, 11) is 1.64. The number of halogens is 1. The first-order valence-corrected chi connectivity index (χ1v) is 6.90. The standard InChI is InChI=1S/C14H20FN3O3/c1-10-6-12(11(15)7-13(10)18(19)20)16-8-14(9-21-2)4-3-5-17-14/h6-7,16-17H,3-5,8-9H2,1-2H3. The predicted molar refractivity (Wildman–Crippen MR) is 78.1 cm³/mol. The molecule has 1 aliphatic rings. The average molecular weight is 297 g/mol. The molecule has 2 rings (SSSR count). The second-order valence-electron chi connectivity index (χ2n) is 5.47. The number of hydrogen-bond donors (Lipinski definition) is 2. The number of aryl methyl sites for hydroxylation is 1. The number of hydrogen-bond acceptors (Lipinski definition) is 5. The van der Waals surface area contributed by atoms with E-state index in [1.165, 1.54) is 6.07 Å². The third-order valence-corrected chi connectivity index (χ3v) is 3.85. The number of nitro groups is 1. The van der Waals surface area contributed by atoms with Crippen LogP contribution in [0.2, 0.25) is 0 Å². The minimum atomic E-state index is -0.613. The summed E-state index contributed by atoms with van der Waals surface area (Å²) in [6.45, 7) is 3.55. The zero-order chi connectivity index (χ0) is 15.5. The second-order valence-corrected chi connectivity index (χ2v) is 5.47. The summed E-state index contributed by atoms with van der Waals surface area (Å²) in [5, 5.41) is 17.2. The highest BCUT2D eigenvalue weighted by atomic mass is 19.1. The van der Waals surface area contributed by atoms with Gasteiger partial charge in [0.1, 0.15) is 0 Å². The molecule has 0 aromatic heterocycles. The van der Waals surface area contributed by atoms with Crippen LogP contribution in [0.1, 0.15) is 18.4 Å². The molecule has 0 amide bonds. The van der Waals surface area contributed by atoms with Gasteiger partial charge in [-0.1, -0.05) is 0 Å². The Balaban J connectivity index is 2.12. The Kier molecular flexibility index (Phi) is 4.74. The molecule has 1 atom stereocenters. The van der Waals surface area contributed by atoms with Crippen LogP contribution in [-0.2, 0) is 4.74 Å². The Morgan fingerprint density at radius 3 is 2.90 bits per heavy atom. The first kappa shape index (κ1) is 15.7. The average Bonchev–Trinajstić information content (AvgIpc) is 2.88. The monoisotopic (exact) mass is 297 g/mol. The summed E-state index contributed by atoms with van der Waals surface area (Å²) in [5.74, 6) is -0.613. The Bertz CT molecular complexity index is 530. The van der Waals surface area contributed by atoms with Gasteiger partial charge in [-0.3, -0.25) is 10.1 Å². The van der Waals surface area contributed by atoms with Gasteiger partial charge in [0.25, 0.3) is 5.69 Å². The van der Waals surface area contributed by atoms with Crippen molar-refractivity contribution in [2.75, 3.05) is 32.1 Å². The molecule has 0 radical (unpaired) electrons. The van der Waals surface area contributed by atoms with Gasteiger partial charge in [-0.2, -0.15) is 0 Å². The fourth-order valence-corrected chi connectivity index (χ4v) is 2.74. The molecule has 1 saturated heterocycles. The Labute approximate surface area is 122 Å². The number of rotatable bonds is 6. The zero-order valence-corrected chi connectivity index (χ0v) is 12.2. The molecule has 21 heavy (non-hydrogen) atoms. The third kappa shape index (κ3) is 3.48. The van der Waals surface area contributed by atoms with Crippen LogP contribution < -0.4 is 10.6 Å².